The van der Waals surface area contributed by atoms with Crippen LogP contribution in [0.3, 0.4) is 0 Å². The third kappa shape index (κ3) is 4.67. The van der Waals surface area contributed by atoms with Crippen LogP contribution < -0.4 is 10.1 Å². The van der Waals surface area contributed by atoms with Crippen molar-refractivity contribution in [2.45, 2.75) is 19.9 Å². The van der Waals surface area contributed by atoms with Crippen molar-refractivity contribution < 1.29 is 9.53 Å². The summed E-state index contributed by atoms with van der Waals surface area (Å²) in [6, 6.07) is 15.9. The maximum absolute atomic E-state index is 12.1. The van der Waals surface area contributed by atoms with E-state index in [1.165, 1.54) is 5.56 Å². The molecule has 0 aliphatic heterocycles. The quantitative estimate of drug-likeness (QED) is 0.730. The number of rotatable bonds is 6. The van der Waals surface area contributed by atoms with E-state index in [4.69, 9.17) is 4.74 Å². The topological polar surface area (TPSA) is 51.2 Å². The SMILES string of the molecule is COc1ccc(CNC(=O)Cc2csc(-c3cccc(C)c3)n2)cc1. The molecule has 0 radical (unpaired) electrons. The smallest absolute Gasteiger partial charge is 0.226 e. The molecule has 0 unspecified atom stereocenters. The lowest BCUT2D eigenvalue weighted by atomic mass is 10.1. The zero-order chi connectivity index (χ0) is 17.6. The van der Waals surface area contributed by atoms with Gasteiger partial charge in [-0.05, 0) is 30.7 Å². The second-order valence-corrected chi connectivity index (χ2v) is 6.67. The first-order chi connectivity index (χ1) is 12.1. The van der Waals surface area contributed by atoms with E-state index in [1.807, 2.05) is 41.8 Å². The summed E-state index contributed by atoms with van der Waals surface area (Å²) in [7, 11) is 1.63. The summed E-state index contributed by atoms with van der Waals surface area (Å²) in [5.74, 6) is 0.776. The van der Waals surface area contributed by atoms with Gasteiger partial charge in [0.05, 0.1) is 19.2 Å². The number of aromatic nitrogens is 1. The highest BCUT2D eigenvalue weighted by atomic mass is 32.1. The van der Waals surface area contributed by atoms with Gasteiger partial charge < -0.3 is 10.1 Å². The molecule has 0 saturated heterocycles. The van der Waals surface area contributed by atoms with E-state index in [9.17, 15) is 4.79 Å². The Balaban J connectivity index is 1.56. The Kier molecular flexibility index (Phi) is 5.46. The van der Waals surface area contributed by atoms with Gasteiger partial charge in [-0.3, -0.25) is 4.79 Å². The molecule has 0 atom stereocenters. The molecule has 1 amide bonds. The molecule has 0 bridgehead atoms. The van der Waals surface area contributed by atoms with Crippen LogP contribution in [0.5, 0.6) is 5.75 Å². The predicted octanol–water partition coefficient (Wildman–Crippen LogP) is 3.99. The molecule has 0 fully saturated rings. The number of carbonyl (C=O) groups excluding carboxylic acids is 1. The first kappa shape index (κ1) is 17.2. The van der Waals surface area contributed by atoms with Gasteiger partial charge in [0.15, 0.2) is 0 Å². The number of nitrogens with zero attached hydrogens (tertiary/aromatic N) is 1. The number of ether oxygens (including phenoxy) is 1. The van der Waals surface area contributed by atoms with Gasteiger partial charge in [-0.25, -0.2) is 4.98 Å². The first-order valence-corrected chi connectivity index (χ1v) is 8.93. The fraction of sp³-hybridized carbons (Fsp3) is 0.200. The second-order valence-electron chi connectivity index (χ2n) is 5.82. The molecule has 128 valence electrons. The van der Waals surface area contributed by atoms with Gasteiger partial charge in [0.1, 0.15) is 10.8 Å². The third-order valence-corrected chi connectivity index (χ3v) is 4.75. The maximum atomic E-state index is 12.1. The van der Waals surface area contributed by atoms with E-state index in [2.05, 4.69) is 29.4 Å². The minimum Gasteiger partial charge on any atom is -0.497 e. The molecule has 0 aliphatic carbocycles. The summed E-state index contributed by atoms with van der Waals surface area (Å²) in [5, 5.41) is 5.82. The van der Waals surface area contributed by atoms with Crippen LogP contribution in [-0.2, 0) is 17.8 Å². The van der Waals surface area contributed by atoms with Crippen LogP contribution >= 0.6 is 11.3 Å². The van der Waals surface area contributed by atoms with Crippen molar-refractivity contribution in [2.24, 2.45) is 0 Å². The molecule has 0 aliphatic rings. The number of aryl methyl sites for hydroxylation is 1. The maximum Gasteiger partial charge on any atom is 0.226 e. The van der Waals surface area contributed by atoms with Gasteiger partial charge in [0, 0.05) is 17.5 Å². The van der Waals surface area contributed by atoms with Gasteiger partial charge in [-0.15, -0.1) is 11.3 Å². The summed E-state index contributed by atoms with van der Waals surface area (Å²) in [6.07, 6.45) is 0.290. The Morgan fingerprint density at radius 3 is 2.72 bits per heavy atom. The number of methoxy groups -OCH3 is 1. The average Bonchev–Trinajstić information content (AvgIpc) is 3.09. The Labute approximate surface area is 151 Å². The lowest BCUT2D eigenvalue weighted by molar-refractivity contribution is -0.120. The lowest BCUT2D eigenvalue weighted by Gasteiger charge is -2.05. The standard InChI is InChI=1S/C20H20N2O2S/c1-14-4-3-5-16(10-14)20-22-17(13-25-20)11-19(23)21-12-15-6-8-18(24-2)9-7-15/h3-10,13H,11-12H2,1-2H3,(H,21,23). The Morgan fingerprint density at radius 2 is 2.00 bits per heavy atom. The third-order valence-electron chi connectivity index (χ3n) is 3.81. The number of thiazole rings is 1. The zero-order valence-corrected chi connectivity index (χ0v) is 15.1. The molecule has 1 aromatic heterocycles. The normalized spacial score (nSPS) is 10.5. The number of hydrogen-bond donors (Lipinski definition) is 1. The van der Waals surface area contributed by atoms with E-state index >= 15 is 0 Å². The van der Waals surface area contributed by atoms with Crippen LogP contribution in [0, 0.1) is 6.92 Å². The lowest BCUT2D eigenvalue weighted by Crippen LogP contribution is -2.24. The molecule has 2 aromatic carbocycles. The van der Waals surface area contributed by atoms with Crippen LogP contribution in [0.4, 0.5) is 0 Å². The van der Waals surface area contributed by atoms with Crippen LogP contribution in [-0.4, -0.2) is 18.0 Å². The molecular formula is C20H20N2O2S. The van der Waals surface area contributed by atoms with Crippen molar-refractivity contribution in [1.29, 1.82) is 0 Å². The van der Waals surface area contributed by atoms with Gasteiger partial charge in [0.25, 0.3) is 0 Å². The van der Waals surface area contributed by atoms with E-state index < -0.39 is 0 Å². The van der Waals surface area contributed by atoms with Gasteiger partial charge in [0.2, 0.25) is 5.91 Å². The molecule has 25 heavy (non-hydrogen) atoms. The molecular weight excluding hydrogens is 332 g/mol. The second kappa shape index (κ2) is 7.94. The summed E-state index contributed by atoms with van der Waals surface area (Å²) < 4.78 is 5.13. The molecule has 4 nitrogen and oxygen atoms in total. The largest absolute Gasteiger partial charge is 0.497 e. The molecule has 0 spiro atoms. The number of benzene rings is 2. The molecule has 3 aromatic rings. The highest BCUT2D eigenvalue weighted by Crippen LogP contribution is 2.24. The Morgan fingerprint density at radius 1 is 1.20 bits per heavy atom. The Hall–Kier alpha value is -2.66. The van der Waals surface area contributed by atoms with Crippen LogP contribution in [0.25, 0.3) is 10.6 Å². The van der Waals surface area contributed by atoms with E-state index in [0.29, 0.717) is 13.0 Å². The Bertz CT molecular complexity index is 856. The van der Waals surface area contributed by atoms with Crippen molar-refractivity contribution in [1.82, 2.24) is 10.3 Å². The fourth-order valence-corrected chi connectivity index (χ4v) is 3.29. The highest BCUT2D eigenvalue weighted by Gasteiger charge is 2.09. The first-order valence-electron chi connectivity index (χ1n) is 8.05. The van der Waals surface area contributed by atoms with Crippen LogP contribution in [0.2, 0.25) is 0 Å². The predicted molar refractivity (Wildman–Crippen MR) is 101 cm³/mol. The molecule has 0 saturated carbocycles. The van der Waals surface area contributed by atoms with E-state index in [-0.39, 0.29) is 5.91 Å². The molecule has 5 heteroatoms. The molecule has 1 N–H and O–H groups in total. The summed E-state index contributed by atoms with van der Waals surface area (Å²) in [6.45, 7) is 2.56. The molecule has 3 rings (SSSR count). The van der Waals surface area contributed by atoms with Crippen molar-refractivity contribution in [3.05, 3.63) is 70.7 Å². The van der Waals surface area contributed by atoms with Crippen LogP contribution in [0.1, 0.15) is 16.8 Å². The summed E-state index contributed by atoms with van der Waals surface area (Å²) in [4.78, 5) is 16.7. The van der Waals surface area contributed by atoms with E-state index in [1.54, 1.807) is 18.4 Å². The minimum absolute atomic E-state index is 0.0306. The monoisotopic (exact) mass is 352 g/mol. The van der Waals surface area contributed by atoms with Crippen molar-refractivity contribution in [2.75, 3.05) is 7.11 Å². The number of carbonyl (C=O) groups is 1. The van der Waals surface area contributed by atoms with Crippen molar-refractivity contribution in [3.8, 4) is 16.3 Å². The van der Waals surface area contributed by atoms with Gasteiger partial charge >= 0.3 is 0 Å². The summed E-state index contributed by atoms with van der Waals surface area (Å²) >= 11 is 1.57. The molecule has 1 heterocycles. The minimum atomic E-state index is -0.0306. The van der Waals surface area contributed by atoms with Gasteiger partial charge in [-0.1, -0.05) is 35.9 Å². The average molecular weight is 352 g/mol. The van der Waals surface area contributed by atoms with Crippen molar-refractivity contribution in [3.63, 3.8) is 0 Å². The fourth-order valence-electron chi connectivity index (χ4n) is 2.47. The number of hydrogen-bond acceptors (Lipinski definition) is 4. The zero-order valence-electron chi connectivity index (χ0n) is 14.3. The van der Waals surface area contributed by atoms with E-state index in [0.717, 1.165) is 27.6 Å². The van der Waals surface area contributed by atoms with Crippen molar-refractivity contribution >= 4 is 17.2 Å². The number of amides is 1. The van der Waals surface area contributed by atoms with Gasteiger partial charge in [-0.2, -0.15) is 0 Å². The highest BCUT2D eigenvalue weighted by molar-refractivity contribution is 7.13. The van der Waals surface area contributed by atoms with Crippen LogP contribution in [0.15, 0.2) is 53.9 Å². The number of nitrogens with one attached hydrogen (secondary N) is 1. The summed E-state index contributed by atoms with van der Waals surface area (Å²) in [5.41, 5.74) is 4.13.